The maximum atomic E-state index is 12.9. The van der Waals surface area contributed by atoms with Crippen molar-refractivity contribution in [1.82, 2.24) is 10.2 Å². The van der Waals surface area contributed by atoms with Gasteiger partial charge in [0, 0.05) is 26.4 Å². The average molecular weight is 350 g/mol. The minimum Gasteiger partial charge on any atom is -0.357 e. The Morgan fingerprint density at radius 1 is 1.08 bits per heavy atom. The zero-order valence-corrected chi connectivity index (χ0v) is 15.5. The minimum atomic E-state index is -0.799. The van der Waals surface area contributed by atoms with E-state index >= 15 is 0 Å². The third-order valence-corrected chi connectivity index (χ3v) is 5.33. The molecule has 136 valence electrons. The summed E-state index contributed by atoms with van der Waals surface area (Å²) in [6, 6.07) is 18.4. The van der Waals surface area contributed by atoms with Crippen LogP contribution in [0, 0.1) is 0 Å². The smallest absolute Gasteiger partial charge is 0.246 e. The number of likely N-dealkylation sites (tertiary alicyclic amines) is 1. The summed E-state index contributed by atoms with van der Waals surface area (Å²) in [6.07, 6.45) is 2.50. The maximum absolute atomic E-state index is 12.9. The molecule has 1 N–H and O–H groups in total. The lowest BCUT2D eigenvalue weighted by atomic mass is 9.84. The molecule has 1 aliphatic rings. The third-order valence-electron chi connectivity index (χ3n) is 5.33. The summed E-state index contributed by atoms with van der Waals surface area (Å²) >= 11 is 0. The van der Waals surface area contributed by atoms with Crippen LogP contribution in [0.15, 0.2) is 54.6 Å². The summed E-state index contributed by atoms with van der Waals surface area (Å²) < 4.78 is 0. The fraction of sp³-hybridized carbons (Fsp3) is 0.364. The zero-order chi connectivity index (χ0) is 18.6. The van der Waals surface area contributed by atoms with Crippen molar-refractivity contribution in [2.75, 3.05) is 13.6 Å². The van der Waals surface area contributed by atoms with E-state index < -0.39 is 5.54 Å². The van der Waals surface area contributed by atoms with E-state index in [9.17, 15) is 9.59 Å². The molecule has 1 fully saturated rings. The molecular weight excluding hydrogens is 324 g/mol. The molecule has 0 aliphatic carbocycles. The Hall–Kier alpha value is -2.62. The standard InChI is InChI=1S/C22H26N2O2/c1-3-20(25)24-15-9-14-22(24,21(26)23-2)16-18-12-7-8-13-19(18)17-10-5-4-6-11-17/h4-8,10-13H,3,9,14-16H2,1-2H3,(H,23,26). The Balaban J connectivity index is 2.04. The molecule has 0 radical (unpaired) electrons. The molecule has 1 heterocycles. The van der Waals surface area contributed by atoms with Gasteiger partial charge in [-0.1, -0.05) is 61.5 Å². The van der Waals surface area contributed by atoms with Gasteiger partial charge in [-0.3, -0.25) is 9.59 Å². The summed E-state index contributed by atoms with van der Waals surface area (Å²) in [4.78, 5) is 27.3. The van der Waals surface area contributed by atoms with Gasteiger partial charge in [-0.05, 0) is 29.5 Å². The molecule has 0 bridgehead atoms. The van der Waals surface area contributed by atoms with Crippen molar-refractivity contribution in [2.45, 2.75) is 38.1 Å². The molecule has 0 saturated carbocycles. The largest absolute Gasteiger partial charge is 0.357 e. The number of amides is 2. The van der Waals surface area contributed by atoms with E-state index in [-0.39, 0.29) is 11.8 Å². The zero-order valence-electron chi connectivity index (χ0n) is 15.5. The highest BCUT2D eigenvalue weighted by Gasteiger charge is 2.48. The van der Waals surface area contributed by atoms with Crippen molar-refractivity contribution in [2.24, 2.45) is 0 Å². The van der Waals surface area contributed by atoms with Gasteiger partial charge in [0.15, 0.2) is 0 Å². The normalized spacial score (nSPS) is 19.4. The molecule has 2 aromatic rings. The van der Waals surface area contributed by atoms with Crippen molar-refractivity contribution in [3.8, 4) is 11.1 Å². The van der Waals surface area contributed by atoms with Crippen LogP contribution in [0.1, 0.15) is 31.7 Å². The third kappa shape index (κ3) is 3.24. The second-order valence-electron chi connectivity index (χ2n) is 6.81. The first kappa shape index (κ1) is 18.2. The Bertz CT molecular complexity index is 788. The van der Waals surface area contributed by atoms with Crippen LogP contribution in [0.25, 0.3) is 11.1 Å². The Kier molecular flexibility index (Phi) is 5.40. The molecule has 1 aliphatic heterocycles. The van der Waals surface area contributed by atoms with E-state index in [4.69, 9.17) is 0 Å². The van der Waals surface area contributed by atoms with Crippen LogP contribution >= 0.6 is 0 Å². The van der Waals surface area contributed by atoms with Gasteiger partial charge >= 0.3 is 0 Å². The van der Waals surface area contributed by atoms with Crippen LogP contribution in [-0.4, -0.2) is 35.8 Å². The first-order valence-corrected chi connectivity index (χ1v) is 9.28. The van der Waals surface area contributed by atoms with E-state index in [1.807, 2.05) is 37.3 Å². The Morgan fingerprint density at radius 3 is 2.46 bits per heavy atom. The molecule has 0 aromatic heterocycles. The predicted molar refractivity (Wildman–Crippen MR) is 104 cm³/mol. The lowest BCUT2D eigenvalue weighted by Crippen LogP contribution is -2.58. The second kappa shape index (κ2) is 7.73. The number of nitrogens with one attached hydrogen (secondary N) is 1. The van der Waals surface area contributed by atoms with Crippen LogP contribution in [-0.2, 0) is 16.0 Å². The second-order valence-corrected chi connectivity index (χ2v) is 6.81. The van der Waals surface area contributed by atoms with E-state index in [1.165, 1.54) is 0 Å². The van der Waals surface area contributed by atoms with Crippen LogP contribution in [0.3, 0.4) is 0 Å². The Morgan fingerprint density at radius 2 is 1.77 bits per heavy atom. The van der Waals surface area contributed by atoms with Crippen molar-refractivity contribution < 1.29 is 9.59 Å². The van der Waals surface area contributed by atoms with Crippen LogP contribution in [0.5, 0.6) is 0 Å². The van der Waals surface area contributed by atoms with Gasteiger partial charge < -0.3 is 10.2 Å². The van der Waals surface area contributed by atoms with Gasteiger partial charge in [0.1, 0.15) is 5.54 Å². The van der Waals surface area contributed by atoms with Gasteiger partial charge in [-0.15, -0.1) is 0 Å². The van der Waals surface area contributed by atoms with E-state index in [1.54, 1.807) is 11.9 Å². The van der Waals surface area contributed by atoms with Crippen LogP contribution in [0.2, 0.25) is 0 Å². The summed E-state index contributed by atoms with van der Waals surface area (Å²) in [7, 11) is 1.65. The highest BCUT2D eigenvalue weighted by molar-refractivity contribution is 5.92. The fourth-order valence-electron chi connectivity index (χ4n) is 4.05. The minimum absolute atomic E-state index is 0.0447. The quantitative estimate of drug-likeness (QED) is 0.898. The molecule has 2 aromatic carbocycles. The molecular formula is C22H26N2O2. The molecule has 0 spiro atoms. The molecule has 1 unspecified atom stereocenters. The number of carbonyl (C=O) groups excluding carboxylic acids is 2. The molecule has 4 heteroatoms. The number of likely N-dealkylation sites (N-methyl/N-ethyl adjacent to an activating group) is 1. The molecule has 4 nitrogen and oxygen atoms in total. The molecule has 1 saturated heterocycles. The van der Waals surface area contributed by atoms with Gasteiger partial charge in [0.2, 0.25) is 11.8 Å². The summed E-state index contributed by atoms with van der Waals surface area (Å²) in [6.45, 7) is 2.50. The number of hydrogen-bond acceptors (Lipinski definition) is 2. The van der Waals surface area contributed by atoms with Crippen molar-refractivity contribution in [1.29, 1.82) is 0 Å². The van der Waals surface area contributed by atoms with Crippen molar-refractivity contribution in [3.05, 3.63) is 60.2 Å². The lowest BCUT2D eigenvalue weighted by molar-refractivity contribution is -0.144. The van der Waals surface area contributed by atoms with E-state index in [0.717, 1.165) is 23.1 Å². The average Bonchev–Trinajstić information content (AvgIpc) is 3.12. The van der Waals surface area contributed by atoms with Gasteiger partial charge in [-0.2, -0.15) is 0 Å². The molecule has 26 heavy (non-hydrogen) atoms. The number of rotatable bonds is 5. The van der Waals surface area contributed by atoms with Crippen LogP contribution < -0.4 is 5.32 Å². The monoisotopic (exact) mass is 350 g/mol. The highest BCUT2D eigenvalue weighted by atomic mass is 16.2. The summed E-state index contributed by atoms with van der Waals surface area (Å²) in [5, 5.41) is 2.80. The van der Waals surface area contributed by atoms with E-state index in [0.29, 0.717) is 25.8 Å². The Labute approximate surface area is 155 Å². The number of hydrogen-bond donors (Lipinski definition) is 1. The topological polar surface area (TPSA) is 49.4 Å². The summed E-state index contributed by atoms with van der Waals surface area (Å²) in [5.74, 6) is -0.0250. The highest BCUT2D eigenvalue weighted by Crippen LogP contribution is 2.36. The first-order valence-electron chi connectivity index (χ1n) is 9.28. The van der Waals surface area contributed by atoms with Gasteiger partial charge in [0.05, 0.1) is 0 Å². The first-order chi connectivity index (χ1) is 12.6. The number of carbonyl (C=O) groups is 2. The van der Waals surface area contributed by atoms with Crippen molar-refractivity contribution >= 4 is 11.8 Å². The lowest BCUT2D eigenvalue weighted by Gasteiger charge is -2.37. The molecule has 1 atom stereocenters. The van der Waals surface area contributed by atoms with Gasteiger partial charge in [-0.25, -0.2) is 0 Å². The molecule has 2 amide bonds. The number of benzene rings is 2. The maximum Gasteiger partial charge on any atom is 0.246 e. The SMILES string of the molecule is CCC(=O)N1CCCC1(Cc1ccccc1-c1ccccc1)C(=O)NC. The van der Waals surface area contributed by atoms with Crippen LogP contribution in [0.4, 0.5) is 0 Å². The fourth-order valence-corrected chi connectivity index (χ4v) is 4.05. The van der Waals surface area contributed by atoms with E-state index in [2.05, 4.69) is 29.6 Å². The molecule has 3 rings (SSSR count). The predicted octanol–water partition coefficient (Wildman–Crippen LogP) is 3.41. The number of nitrogens with zero attached hydrogens (tertiary/aromatic N) is 1. The van der Waals surface area contributed by atoms with Gasteiger partial charge in [0.25, 0.3) is 0 Å². The van der Waals surface area contributed by atoms with Crippen molar-refractivity contribution in [3.63, 3.8) is 0 Å². The summed E-state index contributed by atoms with van der Waals surface area (Å²) in [5.41, 5.74) is 2.54.